The highest BCUT2D eigenvalue weighted by Gasteiger charge is 2.15. The predicted octanol–water partition coefficient (Wildman–Crippen LogP) is 4.32. The Labute approximate surface area is 134 Å². The molecule has 1 heterocycles. The van der Waals surface area contributed by atoms with Crippen molar-refractivity contribution in [2.75, 3.05) is 17.2 Å². The van der Waals surface area contributed by atoms with E-state index < -0.39 is 11.7 Å². The van der Waals surface area contributed by atoms with Gasteiger partial charge in [-0.1, -0.05) is 17.7 Å². The van der Waals surface area contributed by atoms with Crippen LogP contribution in [0.3, 0.4) is 0 Å². The number of hydrogen-bond donors (Lipinski definition) is 2. The number of aromatic nitrogens is 1. The zero-order valence-electron chi connectivity index (χ0n) is 11.1. The lowest BCUT2D eigenvalue weighted by atomic mass is 10.2. The third kappa shape index (κ3) is 3.71. The minimum Gasteiger partial charge on any atom is -0.370 e. The number of carbonyl (C=O) groups is 1. The number of benzene rings is 1. The molecule has 0 saturated heterocycles. The highest BCUT2D eigenvalue weighted by molar-refractivity contribution is 9.10. The highest BCUT2D eigenvalue weighted by Crippen LogP contribution is 2.27. The Kier molecular flexibility index (Phi) is 5.14. The summed E-state index contributed by atoms with van der Waals surface area (Å²) in [6, 6.07) is 5.96. The molecule has 1 amide bonds. The van der Waals surface area contributed by atoms with E-state index in [4.69, 9.17) is 11.6 Å². The number of nitrogens with zero attached hydrogens (tertiary/aromatic N) is 1. The van der Waals surface area contributed by atoms with Crippen LogP contribution in [0.5, 0.6) is 0 Å². The van der Waals surface area contributed by atoms with Crippen molar-refractivity contribution in [3.63, 3.8) is 0 Å². The summed E-state index contributed by atoms with van der Waals surface area (Å²) in [5.41, 5.74) is 0.290. The third-order valence-corrected chi connectivity index (χ3v) is 3.62. The average Bonchev–Trinajstić information content (AvgIpc) is 2.45. The number of para-hydroxylation sites is 1. The molecule has 2 N–H and O–H groups in total. The standard InChI is InChI=1S/C14H12BrClFN3O/c1-2-18-12-6-8(10(16)7-19-12)14(21)20-13-9(15)4-3-5-11(13)17/h3-7H,2H2,1H3,(H,18,19)(H,20,21). The first-order valence-corrected chi connectivity index (χ1v) is 7.34. The molecule has 0 atom stereocenters. The Hall–Kier alpha value is -1.66. The molecule has 7 heteroatoms. The number of carbonyl (C=O) groups excluding carboxylic acids is 1. The summed E-state index contributed by atoms with van der Waals surface area (Å²) in [4.78, 5) is 16.3. The molecule has 0 unspecified atom stereocenters. The molecule has 0 bridgehead atoms. The first-order valence-electron chi connectivity index (χ1n) is 6.17. The fraction of sp³-hybridized carbons (Fsp3) is 0.143. The number of rotatable bonds is 4. The van der Waals surface area contributed by atoms with Crippen molar-refractivity contribution in [1.82, 2.24) is 4.98 Å². The maximum Gasteiger partial charge on any atom is 0.257 e. The maximum absolute atomic E-state index is 13.7. The molecule has 0 radical (unpaired) electrons. The van der Waals surface area contributed by atoms with E-state index >= 15 is 0 Å². The lowest BCUT2D eigenvalue weighted by Crippen LogP contribution is -2.15. The SMILES string of the molecule is CCNc1cc(C(=O)Nc2c(F)cccc2Br)c(Cl)cn1. The van der Waals surface area contributed by atoms with Gasteiger partial charge in [0.2, 0.25) is 0 Å². The van der Waals surface area contributed by atoms with Crippen molar-refractivity contribution in [2.24, 2.45) is 0 Å². The molecule has 0 spiro atoms. The molecule has 4 nitrogen and oxygen atoms in total. The molecule has 0 aliphatic carbocycles. The fourth-order valence-corrected chi connectivity index (χ4v) is 2.32. The number of halogens is 3. The van der Waals surface area contributed by atoms with Gasteiger partial charge in [0.05, 0.1) is 16.3 Å². The van der Waals surface area contributed by atoms with Crippen LogP contribution in [0.25, 0.3) is 0 Å². The summed E-state index contributed by atoms with van der Waals surface area (Å²) >= 11 is 9.17. The van der Waals surface area contributed by atoms with Gasteiger partial charge in [0.25, 0.3) is 5.91 Å². The van der Waals surface area contributed by atoms with Gasteiger partial charge in [0.15, 0.2) is 0 Å². The summed E-state index contributed by atoms with van der Waals surface area (Å²) in [6.07, 6.45) is 1.38. The van der Waals surface area contributed by atoms with Crippen LogP contribution in [0.4, 0.5) is 15.9 Å². The Morgan fingerprint density at radius 2 is 2.24 bits per heavy atom. The fourth-order valence-electron chi connectivity index (χ4n) is 1.69. The molecule has 0 aliphatic rings. The molecule has 1 aromatic carbocycles. The van der Waals surface area contributed by atoms with Crippen LogP contribution >= 0.6 is 27.5 Å². The second-order valence-electron chi connectivity index (χ2n) is 4.13. The minimum absolute atomic E-state index is 0.0698. The average molecular weight is 373 g/mol. The van der Waals surface area contributed by atoms with E-state index in [0.717, 1.165) is 0 Å². The number of nitrogens with one attached hydrogen (secondary N) is 2. The van der Waals surface area contributed by atoms with Crippen LogP contribution in [-0.4, -0.2) is 17.4 Å². The highest BCUT2D eigenvalue weighted by atomic mass is 79.9. The second-order valence-corrected chi connectivity index (χ2v) is 5.39. The molecule has 1 aromatic heterocycles. The van der Waals surface area contributed by atoms with E-state index in [1.54, 1.807) is 6.07 Å². The number of hydrogen-bond acceptors (Lipinski definition) is 3. The first-order chi connectivity index (χ1) is 10.0. The van der Waals surface area contributed by atoms with Gasteiger partial charge in [-0.2, -0.15) is 0 Å². The number of pyridine rings is 1. The molecule has 0 aliphatic heterocycles. The second kappa shape index (κ2) is 6.87. The van der Waals surface area contributed by atoms with Crippen molar-refractivity contribution < 1.29 is 9.18 Å². The van der Waals surface area contributed by atoms with Gasteiger partial charge in [-0.15, -0.1) is 0 Å². The van der Waals surface area contributed by atoms with Crippen LogP contribution in [0, 0.1) is 5.82 Å². The Morgan fingerprint density at radius 3 is 2.90 bits per heavy atom. The van der Waals surface area contributed by atoms with Gasteiger partial charge in [-0.05, 0) is 41.1 Å². The minimum atomic E-state index is -0.533. The van der Waals surface area contributed by atoms with Gasteiger partial charge in [-0.3, -0.25) is 4.79 Å². The Morgan fingerprint density at radius 1 is 1.48 bits per heavy atom. The van der Waals surface area contributed by atoms with Crippen molar-refractivity contribution in [3.05, 3.63) is 51.3 Å². The summed E-state index contributed by atoms with van der Waals surface area (Å²) in [6.45, 7) is 2.57. The monoisotopic (exact) mass is 371 g/mol. The molecule has 2 rings (SSSR count). The van der Waals surface area contributed by atoms with Gasteiger partial charge in [-0.25, -0.2) is 9.37 Å². The first kappa shape index (κ1) is 15.7. The number of anilines is 2. The zero-order valence-corrected chi connectivity index (χ0v) is 13.4. The quantitative estimate of drug-likeness (QED) is 0.840. The van der Waals surface area contributed by atoms with Crippen molar-refractivity contribution in [1.29, 1.82) is 0 Å². The molecular weight excluding hydrogens is 361 g/mol. The molecule has 110 valence electrons. The van der Waals surface area contributed by atoms with E-state index in [2.05, 4.69) is 31.5 Å². The van der Waals surface area contributed by atoms with Crippen LogP contribution < -0.4 is 10.6 Å². The van der Waals surface area contributed by atoms with E-state index in [1.165, 1.54) is 24.4 Å². The third-order valence-electron chi connectivity index (χ3n) is 2.66. The van der Waals surface area contributed by atoms with E-state index in [9.17, 15) is 9.18 Å². The largest absolute Gasteiger partial charge is 0.370 e. The maximum atomic E-state index is 13.7. The van der Waals surface area contributed by atoms with Gasteiger partial charge in [0, 0.05) is 17.2 Å². The molecule has 0 saturated carbocycles. The van der Waals surface area contributed by atoms with Gasteiger partial charge >= 0.3 is 0 Å². The van der Waals surface area contributed by atoms with Crippen molar-refractivity contribution in [3.8, 4) is 0 Å². The summed E-state index contributed by atoms with van der Waals surface area (Å²) in [7, 11) is 0. The van der Waals surface area contributed by atoms with Gasteiger partial charge in [0.1, 0.15) is 11.6 Å². The summed E-state index contributed by atoms with van der Waals surface area (Å²) in [5.74, 6) is -0.512. The Balaban J connectivity index is 2.30. The zero-order chi connectivity index (χ0) is 15.4. The number of amides is 1. The van der Waals surface area contributed by atoms with Crippen LogP contribution in [0.15, 0.2) is 34.9 Å². The lowest BCUT2D eigenvalue weighted by molar-refractivity contribution is 0.102. The normalized spacial score (nSPS) is 10.3. The van der Waals surface area contributed by atoms with Crippen LogP contribution in [0.1, 0.15) is 17.3 Å². The van der Waals surface area contributed by atoms with Crippen molar-refractivity contribution >= 4 is 44.9 Å². The van der Waals surface area contributed by atoms with Crippen LogP contribution in [-0.2, 0) is 0 Å². The topological polar surface area (TPSA) is 54.0 Å². The molecule has 21 heavy (non-hydrogen) atoms. The van der Waals surface area contributed by atoms with Crippen molar-refractivity contribution in [2.45, 2.75) is 6.92 Å². The summed E-state index contributed by atoms with van der Waals surface area (Å²) in [5, 5.41) is 5.68. The predicted molar refractivity (Wildman–Crippen MR) is 85.5 cm³/mol. The van der Waals surface area contributed by atoms with Crippen LogP contribution in [0.2, 0.25) is 5.02 Å². The van der Waals surface area contributed by atoms with E-state index in [1.807, 2.05) is 6.92 Å². The van der Waals surface area contributed by atoms with E-state index in [0.29, 0.717) is 16.8 Å². The van der Waals surface area contributed by atoms with E-state index in [-0.39, 0.29) is 16.3 Å². The van der Waals surface area contributed by atoms with Gasteiger partial charge < -0.3 is 10.6 Å². The Bertz CT molecular complexity index is 661. The molecule has 2 aromatic rings. The lowest BCUT2D eigenvalue weighted by Gasteiger charge is -2.10. The molecular formula is C14H12BrClFN3O. The summed E-state index contributed by atoms with van der Waals surface area (Å²) < 4.78 is 14.2. The smallest absolute Gasteiger partial charge is 0.257 e. The molecule has 0 fully saturated rings.